The molecule has 0 radical (unpaired) electrons. The minimum atomic E-state index is -0.427. The molecule has 80 valence electrons. The van der Waals surface area contributed by atoms with Gasteiger partial charge in [-0.25, -0.2) is 9.18 Å². The number of allylic oxidation sites excluding steroid dienone is 1. The molecule has 1 aromatic carbocycles. The molecular formula is C11H10BrFO2. The molecule has 4 heteroatoms. The van der Waals surface area contributed by atoms with Gasteiger partial charge in [-0.05, 0) is 30.2 Å². The van der Waals surface area contributed by atoms with E-state index in [9.17, 15) is 9.18 Å². The summed E-state index contributed by atoms with van der Waals surface area (Å²) in [5.41, 5.74) is 1.48. The smallest absolute Gasteiger partial charge is 0.330 e. The molecule has 0 fully saturated rings. The maximum absolute atomic E-state index is 12.8. The van der Waals surface area contributed by atoms with Crippen molar-refractivity contribution in [2.45, 2.75) is 6.92 Å². The third-order valence-corrected chi connectivity index (χ3v) is 2.55. The highest BCUT2D eigenvalue weighted by Crippen LogP contribution is 2.24. The Morgan fingerprint density at radius 2 is 2.20 bits per heavy atom. The number of methoxy groups -OCH3 is 1. The molecule has 0 saturated heterocycles. The summed E-state index contributed by atoms with van der Waals surface area (Å²) in [7, 11) is 1.31. The van der Waals surface area contributed by atoms with Crippen LogP contribution in [0, 0.1) is 5.82 Å². The van der Waals surface area contributed by atoms with Crippen LogP contribution in [0.4, 0.5) is 4.39 Å². The molecule has 0 aromatic heterocycles. The lowest BCUT2D eigenvalue weighted by atomic mass is 10.1. The SMILES string of the molecule is COC(=O)/C=C(/C)c1ccc(F)cc1Br. The van der Waals surface area contributed by atoms with Crippen molar-refractivity contribution >= 4 is 27.5 Å². The van der Waals surface area contributed by atoms with Crippen molar-refractivity contribution in [1.29, 1.82) is 0 Å². The molecule has 0 atom stereocenters. The monoisotopic (exact) mass is 272 g/mol. The summed E-state index contributed by atoms with van der Waals surface area (Å²) in [6, 6.07) is 4.30. The number of ether oxygens (including phenoxy) is 1. The van der Waals surface area contributed by atoms with Crippen molar-refractivity contribution in [2.75, 3.05) is 7.11 Å². The Balaban J connectivity index is 3.06. The predicted molar refractivity (Wildman–Crippen MR) is 59.8 cm³/mol. The molecule has 1 rings (SSSR count). The highest BCUT2D eigenvalue weighted by Gasteiger charge is 2.05. The number of carbonyl (C=O) groups is 1. The summed E-state index contributed by atoms with van der Waals surface area (Å²) in [6.45, 7) is 1.76. The molecular weight excluding hydrogens is 263 g/mol. The largest absolute Gasteiger partial charge is 0.466 e. The standard InChI is InChI=1S/C11H10BrFO2/c1-7(5-11(14)15-2)9-4-3-8(13)6-10(9)12/h3-6H,1-2H3/b7-5-. The third kappa shape index (κ3) is 3.16. The van der Waals surface area contributed by atoms with Crippen molar-refractivity contribution in [3.63, 3.8) is 0 Å². The zero-order valence-electron chi connectivity index (χ0n) is 8.38. The van der Waals surface area contributed by atoms with E-state index in [1.165, 1.54) is 25.3 Å². The number of rotatable bonds is 2. The molecule has 0 bridgehead atoms. The number of carbonyl (C=O) groups excluding carboxylic acids is 1. The van der Waals surface area contributed by atoms with E-state index in [1.807, 2.05) is 0 Å². The van der Waals surface area contributed by atoms with Crippen molar-refractivity contribution in [3.05, 3.63) is 40.1 Å². The number of benzene rings is 1. The number of esters is 1. The Labute approximate surface area is 95.9 Å². The minimum Gasteiger partial charge on any atom is -0.466 e. The van der Waals surface area contributed by atoms with Crippen LogP contribution < -0.4 is 0 Å². The van der Waals surface area contributed by atoms with E-state index in [-0.39, 0.29) is 5.82 Å². The maximum Gasteiger partial charge on any atom is 0.330 e. The van der Waals surface area contributed by atoms with Gasteiger partial charge in [0.25, 0.3) is 0 Å². The molecule has 2 nitrogen and oxygen atoms in total. The lowest BCUT2D eigenvalue weighted by Gasteiger charge is -2.04. The highest BCUT2D eigenvalue weighted by molar-refractivity contribution is 9.10. The summed E-state index contributed by atoms with van der Waals surface area (Å²) in [4.78, 5) is 11.0. The fraction of sp³-hybridized carbons (Fsp3) is 0.182. The summed E-state index contributed by atoms with van der Waals surface area (Å²) >= 11 is 3.23. The zero-order chi connectivity index (χ0) is 11.4. The van der Waals surface area contributed by atoms with E-state index < -0.39 is 5.97 Å². The Morgan fingerprint density at radius 1 is 1.53 bits per heavy atom. The van der Waals surface area contributed by atoms with Crippen LogP contribution >= 0.6 is 15.9 Å². The predicted octanol–water partition coefficient (Wildman–Crippen LogP) is 3.16. The van der Waals surface area contributed by atoms with Gasteiger partial charge in [0.2, 0.25) is 0 Å². The third-order valence-electron chi connectivity index (χ3n) is 1.89. The first-order valence-corrected chi connectivity index (χ1v) is 5.05. The summed E-state index contributed by atoms with van der Waals surface area (Å²) in [6.07, 6.45) is 1.36. The summed E-state index contributed by atoms with van der Waals surface area (Å²) < 4.78 is 17.9. The van der Waals surface area contributed by atoms with Gasteiger partial charge in [-0.15, -0.1) is 0 Å². The van der Waals surface area contributed by atoms with Gasteiger partial charge in [-0.3, -0.25) is 0 Å². The van der Waals surface area contributed by atoms with Crippen molar-refractivity contribution in [1.82, 2.24) is 0 Å². The fourth-order valence-electron chi connectivity index (χ4n) is 1.12. The van der Waals surface area contributed by atoms with Crippen LogP contribution in [0.3, 0.4) is 0 Å². The van der Waals surface area contributed by atoms with Gasteiger partial charge < -0.3 is 4.74 Å². The lowest BCUT2D eigenvalue weighted by Crippen LogP contribution is -1.96. The van der Waals surface area contributed by atoms with E-state index >= 15 is 0 Å². The molecule has 0 aliphatic rings. The average Bonchev–Trinajstić information content (AvgIpc) is 2.17. The summed E-state index contributed by atoms with van der Waals surface area (Å²) in [5, 5.41) is 0. The maximum atomic E-state index is 12.8. The molecule has 0 aliphatic heterocycles. The molecule has 15 heavy (non-hydrogen) atoms. The van der Waals surface area contributed by atoms with Gasteiger partial charge in [0.1, 0.15) is 5.82 Å². The fourth-order valence-corrected chi connectivity index (χ4v) is 1.79. The quantitative estimate of drug-likeness (QED) is 0.611. The number of hydrogen-bond donors (Lipinski definition) is 0. The Kier molecular flexibility index (Phi) is 4.03. The second-order valence-corrected chi connectivity index (χ2v) is 3.83. The van der Waals surface area contributed by atoms with Crippen molar-refractivity contribution in [3.8, 4) is 0 Å². The zero-order valence-corrected chi connectivity index (χ0v) is 9.97. The van der Waals surface area contributed by atoms with E-state index in [2.05, 4.69) is 20.7 Å². The molecule has 0 heterocycles. The minimum absolute atomic E-state index is 0.323. The molecule has 0 saturated carbocycles. The van der Waals surface area contributed by atoms with E-state index in [0.717, 1.165) is 5.56 Å². The molecule has 0 unspecified atom stereocenters. The second kappa shape index (κ2) is 5.07. The average molecular weight is 273 g/mol. The molecule has 0 spiro atoms. The van der Waals surface area contributed by atoms with Crippen LogP contribution in [-0.4, -0.2) is 13.1 Å². The van der Waals surface area contributed by atoms with Crippen molar-refractivity contribution < 1.29 is 13.9 Å². The normalized spacial score (nSPS) is 11.3. The van der Waals surface area contributed by atoms with Gasteiger partial charge in [0.05, 0.1) is 7.11 Å². The Bertz CT molecular complexity index is 413. The second-order valence-electron chi connectivity index (χ2n) is 2.97. The van der Waals surface area contributed by atoms with Crippen LogP contribution in [-0.2, 0) is 9.53 Å². The number of hydrogen-bond acceptors (Lipinski definition) is 2. The van der Waals surface area contributed by atoms with Crippen molar-refractivity contribution in [2.24, 2.45) is 0 Å². The van der Waals surface area contributed by atoms with Gasteiger partial charge >= 0.3 is 5.97 Å². The summed E-state index contributed by atoms with van der Waals surface area (Å²) in [5.74, 6) is -0.750. The Hall–Kier alpha value is -1.16. The van der Waals surface area contributed by atoms with E-state index in [0.29, 0.717) is 10.0 Å². The van der Waals surface area contributed by atoms with Crippen LogP contribution in [0.1, 0.15) is 12.5 Å². The van der Waals surface area contributed by atoms with Gasteiger partial charge in [-0.2, -0.15) is 0 Å². The van der Waals surface area contributed by atoms with E-state index in [1.54, 1.807) is 13.0 Å². The van der Waals surface area contributed by atoms with Crippen LogP contribution in [0.5, 0.6) is 0 Å². The van der Waals surface area contributed by atoms with Gasteiger partial charge in [0.15, 0.2) is 0 Å². The number of halogens is 2. The Morgan fingerprint density at radius 3 is 2.73 bits per heavy atom. The van der Waals surface area contributed by atoms with Crippen LogP contribution in [0.25, 0.3) is 5.57 Å². The first kappa shape index (κ1) is 11.9. The lowest BCUT2D eigenvalue weighted by molar-refractivity contribution is -0.134. The van der Waals surface area contributed by atoms with Gasteiger partial charge in [0, 0.05) is 10.5 Å². The van der Waals surface area contributed by atoms with Crippen LogP contribution in [0.15, 0.2) is 28.7 Å². The molecule has 0 aliphatic carbocycles. The van der Waals surface area contributed by atoms with E-state index in [4.69, 9.17) is 0 Å². The first-order chi connectivity index (χ1) is 7.04. The van der Waals surface area contributed by atoms with Crippen LogP contribution in [0.2, 0.25) is 0 Å². The first-order valence-electron chi connectivity index (χ1n) is 4.26. The highest BCUT2D eigenvalue weighted by atomic mass is 79.9. The molecule has 0 N–H and O–H groups in total. The molecule has 0 amide bonds. The topological polar surface area (TPSA) is 26.3 Å². The molecule has 1 aromatic rings. The van der Waals surface area contributed by atoms with Gasteiger partial charge in [-0.1, -0.05) is 22.0 Å².